The Balaban J connectivity index is 1.82. The Morgan fingerprint density at radius 3 is 2.42 bits per heavy atom. The first-order chi connectivity index (χ1) is 12.3. The van der Waals surface area contributed by atoms with Gasteiger partial charge in [0.05, 0.1) is 12.8 Å². The molecule has 2 N–H and O–H groups in total. The van der Waals surface area contributed by atoms with Gasteiger partial charge in [-0.05, 0) is 40.8 Å². The van der Waals surface area contributed by atoms with Crippen LogP contribution in [0.3, 0.4) is 0 Å². The van der Waals surface area contributed by atoms with Crippen LogP contribution in [0, 0.1) is 0 Å². The smallest absolute Gasteiger partial charge is 0.259 e. The van der Waals surface area contributed by atoms with E-state index in [-0.39, 0.29) is 17.9 Å². The van der Waals surface area contributed by atoms with Crippen molar-refractivity contribution in [3.8, 4) is 0 Å². The van der Waals surface area contributed by atoms with Gasteiger partial charge in [0.1, 0.15) is 0 Å². The third-order valence-electron chi connectivity index (χ3n) is 3.67. The van der Waals surface area contributed by atoms with Gasteiger partial charge in [-0.1, -0.05) is 61.0 Å². The molecule has 136 valence electrons. The Kier molecular flexibility index (Phi) is 6.69. The van der Waals surface area contributed by atoms with E-state index in [2.05, 4.69) is 52.5 Å². The van der Waals surface area contributed by atoms with E-state index in [1.807, 2.05) is 36.4 Å². The normalized spacial score (nSPS) is 11.4. The van der Waals surface area contributed by atoms with Crippen molar-refractivity contribution in [3.63, 3.8) is 0 Å². The minimum atomic E-state index is -0.393. The fourth-order valence-corrected chi connectivity index (χ4v) is 2.61. The zero-order chi connectivity index (χ0) is 19.2. The molecule has 0 saturated carbocycles. The predicted molar refractivity (Wildman–Crippen MR) is 107 cm³/mol. The molecule has 5 nitrogen and oxygen atoms in total. The van der Waals surface area contributed by atoms with Crippen LogP contribution in [0.15, 0.2) is 58.1 Å². The van der Waals surface area contributed by atoms with Crippen LogP contribution in [-0.4, -0.2) is 24.6 Å². The molecule has 26 heavy (non-hydrogen) atoms. The van der Waals surface area contributed by atoms with Gasteiger partial charge in [-0.3, -0.25) is 9.59 Å². The molecule has 0 bridgehead atoms. The molecule has 2 aromatic carbocycles. The Labute approximate surface area is 162 Å². The Morgan fingerprint density at radius 1 is 1.12 bits per heavy atom. The minimum Gasteiger partial charge on any atom is -0.343 e. The molecule has 0 atom stereocenters. The Morgan fingerprint density at radius 2 is 1.81 bits per heavy atom. The van der Waals surface area contributed by atoms with Crippen LogP contribution in [0.4, 0.5) is 0 Å². The van der Waals surface area contributed by atoms with Gasteiger partial charge in [-0.25, -0.2) is 5.43 Å². The quantitative estimate of drug-likeness (QED) is 0.577. The second-order valence-electron chi connectivity index (χ2n) is 6.86. The van der Waals surface area contributed by atoms with Gasteiger partial charge in [0.25, 0.3) is 11.8 Å². The van der Waals surface area contributed by atoms with Gasteiger partial charge >= 0.3 is 0 Å². The third-order valence-corrected chi connectivity index (χ3v) is 4.17. The fraction of sp³-hybridized carbons (Fsp3) is 0.250. The van der Waals surface area contributed by atoms with Gasteiger partial charge in [0.2, 0.25) is 0 Å². The van der Waals surface area contributed by atoms with Crippen LogP contribution in [0.25, 0.3) is 0 Å². The summed E-state index contributed by atoms with van der Waals surface area (Å²) in [6.07, 6.45) is 1.54. The first-order valence-electron chi connectivity index (χ1n) is 8.22. The van der Waals surface area contributed by atoms with Crippen molar-refractivity contribution in [3.05, 3.63) is 69.7 Å². The lowest BCUT2D eigenvalue weighted by molar-refractivity contribution is -0.120. The summed E-state index contributed by atoms with van der Waals surface area (Å²) in [4.78, 5) is 23.9. The van der Waals surface area contributed by atoms with Crippen molar-refractivity contribution in [2.75, 3.05) is 6.54 Å². The molecule has 0 aliphatic rings. The Hall–Kier alpha value is -2.47. The number of nitrogens with one attached hydrogen (secondary N) is 2. The molecule has 0 saturated heterocycles. The lowest BCUT2D eigenvalue weighted by Crippen LogP contribution is -2.34. The highest BCUT2D eigenvalue weighted by Gasteiger charge is 2.14. The number of hydrogen-bond donors (Lipinski definition) is 2. The number of nitrogens with zero attached hydrogens (tertiary/aromatic N) is 1. The molecule has 2 amide bonds. The van der Waals surface area contributed by atoms with E-state index in [0.29, 0.717) is 5.56 Å². The summed E-state index contributed by atoms with van der Waals surface area (Å²) in [5.41, 5.74) is 4.93. The highest BCUT2D eigenvalue weighted by molar-refractivity contribution is 9.10. The average molecular weight is 416 g/mol. The summed E-state index contributed by atoms with van der Waals surface area (Å²) in [5.74, 6) is -0.688. The van der Waals surface area contributed by atoms with Crippen LogP contribution in [0.2, 0.25) is 0 Å². The summed E-state index contributed by atoms with van der Waals surface area (Å²) < 4.78 is 0.928. The van der Waals surface area contributed by atoms with Crippen LogP contribution < -0.4 is 10.7 Å². The number of benzene rings is 2. The molecule has 0 aliphatic carbocycles. The molecule has 0 aliphatic heterocycles. The number of hydrogen-bond acceptors (Lipinski definition) is 3. The zero-order valence-electron chi connectivity index (χ0n) is 15.0. The number of rotatable bonds is 5. The number of carbonyl (C=O) groups is 2. The topological polar surface area (TPSA) is 70.6 Å². The molecule has 0 spiro atoms. The van der Waals surface area contributed by atoms with Gasteiger partial charge in [-0.2, -0.15) is 5.10 Å². The molecule has 6 heteroatoms. The maximum Gasteiger partial charge on any atom is 0.259 e. The van der Waals surface area contributed by atoms with Gasteiger partial charge in [0, 0.05) is 10.0 Å². The highest BCUT2D eigenvalue weighted by atomic mass is 79.9. The fourth-order valence-electron chi connectivity index (χ4n) is 2.19. The van der Waals surface area contributed by atoms with Crippen molar-refractivity contribution in [1.29, 1.82) is 0 Å². The maximum absolute atomic E-state index is 12.1. The number of halogens is 1. The minimum absolute atomic E-state index is 0.0290. The van der Waals surface area contributed by atoms with E-state index in [0.717, 1.165) is 15.6 Å². The van der Waals surface area contributed by atoms with E-state index < -0.39 is 5.91 Å². The van der Waals surface area contributed by atoms with Crippen LogP contribution >= 0.6 is 15.9 Å². The Bertz CT molecular complexity index is 809. The molecule has 0 heterocycles. The van der Waals surface area contributed by atoms with Crippen LogP contribution in [-0.2, 0) is 10.2 Å². The molecular weight excluding hydrogens is 394 g/mol. The summed E-state index contributed by atoms with van der Waals surface area (Å²) in [6, 6.07) is 14.9. The predicted octanol–water partition coefficient (Wildman–Crippen LogP) is 3.63. The molecular formula is C20H22BrN3O2. The lowest BCUT2D eigenvalue weighted by Gasteiger charge is -2.19. The standard InChI is InChI=1S/C20H22BrN3O2/c1-20(2,3)16-9-7-15(8-10-16)19(26)22-13-18(25)24-23-12-14-5-4-6-17(21)11-14/h4-12H,13H2,1-3H3,(H,22,26)(H,24,25)/b23-12-. The van der Waals surface area contributed by atoms with E-state index >= 15 is 0 Å². The average Bonchev–Trinajstić information content (AvgIpc) is 2.59. The first kappa shape index (κ1) is 19.8. The van der Waals surface area contributed by atoms with Crippen molar-refractivity contribution in [2.45, 2.75) is 26.2 Å². The monoisotopic (exact) mass is 415 g/mol. The van der Waals surface area contributed by atoms with Crippen molar-refractivity contribution < 1.29 is 9.59 Å². The van der Waals surface area contributed by atoms with Crippen molar-refractivity contribution >= 4 is 34.0 Å². The second kappa shape index (κ2) is 8.76. The molecule has 0 aromatic heterocycles. The molecule has 0 fully saturated rings. The van der Waals surface area contributed by atoms with Gasteiger partial charge in [0.15, 0.2) is 0 Å². The lowest BCUT2D eigenvalue weighted by atomic mass is 9.87. The second-order valence-corrected chi connectivity index (χ2v) is 7.77. The van der Waals surface area contributed by atoms with Gasteiger partial charge in [-0.15, -0.1) is 0 Å². The number of hydrazone groups is 1. The van der Waals surface area contributed by atoms with Gasteiger partial charge < -0.3 is 5.32 Å². The van der Waals surface area contributed by atoms with E-state index in [9.17, 15) is 9.59 Å². The van der Waals surface area contributed by atoms with Crippen molar-refractivity contribution in [1.82, 2.24) is 10.7 Å². The summed E-state index contributed by atoms with van der Waals surface area (Å²) >= 11 is 3.36. The van der Waals surface area contributed by atoms with E-state index in [1.54, 1.807) is 12.1 Å². The molecule has 0 radical (unpaired) electrons. The maximum atomic E-state index is 12.1. The molecule has 2 aromatic rings. The van der Waals surface area contributed by atoms with E-state index in [1.165, 1.54) is 6.21 Å². The summed E-state index contributed by atoms with van der Waals surface area (Å²) in [7, 11) is 0. The summed E-state index contributed by atoms with van der Waals surface area (Å²) in [6.45, 7) is 6.19. The first-order valence-corrected chi connectivity index (χ1v) is 9.01. The third kappa shape index (κ3) is 6.11. The number of amides is 2. The van der Waals surface area contributed by atoms with Crippen LogP contribution in [0.5, 0.6) is 0 Å². The van der Waals surface area contributed by atoms with Crippen LogP contribution in [0.1, 0.15) is 42.3 Å². The number of carbonyl (C=O) groups excluding carboxylic acids is 2. The molecule has 0 unspecified atom stereocenters. The largest absolute Gasteiger partial charge is 0.343 e. The summed E-state index contributed by atoms with van der Waals surface area (Å²) in [5, 5.41) is 6.46. The zero-order valence-corrected chi connectivity index (χ0v) is 16.6. The highest BCUT2D eigenvalue weighted by Crippen LogP contribution is 2.22. The molecule has 2 rings (SSSR count). The van der Waals surface area contributed by atoms with E-state index in [4.69, 9.17) is 0 Å². The SMILES string of the molecule is CC(C)(C)c1ccc(C(=O)NCC(=O)N/N=C\c2cccc(Br)c2)cc1. The van der Waals surface area contributed by atoms with Crippen molar-refractivity contribution in [2.24, 2.45) is 5.10 Å².